The summed E-state index contributed by atoms with van der Waals surface area (Å²) in [6.07, 6.45) is 9.25. The average Bonchev–Trinajstić information content (AvgIpc) is 2.46. The summed E-state index contributed by atoms with van der Waals surface area (Å²) in [5.41, 5.74) is -0.350. The lowest BCUT2D eigenvalue weighted by Crippen LogP contribution is -2.21. The Kier molecular flexibility index (Phi) is 0.982. The van der Waals surface area contributed by atoms with Crippen molar-refractivity contribution in [3.63, 3.8) is 0 Å². The first-order chi connectivity index (χ1) is 4.81. The molecule has 1 aliphatic heterocycles. The standard InChI is InChI=1S/C8H8O2/c9-7-3-6-8(10-7)4-1-2-5-8/h1,3-4,6H,2,5H2. The van der Waals surface area contributed by atoms with Gasteiger partial charge in [-0.1, -0.05) is 6.08 Å². The second-order valence-corrected chi connectivity index (χ2v) is 2.65. The number of allylic oxidation sites excluding steroid dienone is 1. The second kappa shape index (κ2) is 1.72. The van der Waals surface area contributed by atoms with E-state index in [1.807, 2.05) is 18.2 Å². The first-order valence-corrected chi connectivity index (χ1v) is 3.41. The molecule has 2 rings (SSSR count). The molecular weight excluding hydrogens is 128 g/mol. The van der Waals surface area contributed by atoms with E-state index in [1.54, 1.807) is 0 Å². The van der Waals surface area contributed by atoms with Gasteiger partial charge in [-0.05, 0) is 25.0 Å². The fraction of sp³-hybridized carbons (Fsp3) is 0.375. The fourth-order valence-corrected chi connectivity index (χ4v) is 1.36. The molecule has 2 nitrogen and oxygen atoms in total. The largest absolute Gasteiger partial charge is 0.447 e. The van der Waals surface area contributed by atoms with Crippen LogP contribution in [0.3, 0.4) is 0 Å². The first-order valence-electron chi connectivity index (χ1n) is 3.41. The van der Waals surface area contributed by atoms with Crippen molar-refractivity contribution in [3.05, 3.63) is 24.3 Å². The molecule has 1 unspecified atom stereocenters. The molecule has 0 bridgehead atoms. The van der Waals surface area contributed by atoms with Gasteiger partial charge in [0, 0.05) is 6.08 Å². The zero-order valence-corrected chi connectivity index (χ0v) is 5.54. The lowest BCUT2D eigenvalue weighted by Gasteiger charge is -2.17. The minimum Gasteiger partial charge on any atom is -0.447 e. The summed E-state index contributed by atoms with van der Waals surface area (Å²) in [7, 11) is 0. The molecule has 1 heterocycles. The quantitative estimate of drug-likeness (QED) is 0.369. The smallest absolute Gasteiger partial charge is 0.331 e. The highest BCUT2D eigenvalue weighted by atomic mass is 16.6. The number of carbonyl (C=O) groups is 1. The Labute approximate surface area is 59.2 Å². The third-order valence-corrected chi connectivity index (χ3v) is 1.89. The fourth-order valence-electron chi connectivity index (χ4n) is 1.36. The van der Waals surface area contributed by atoms with Crippen molar-refractivity contribution in [3.8, 4) is 0 Å². The first kappa shape index (κ1) is 5.71. The van der Waals surface area contributed by atoms with Crippen molar-refractivity contribution in [1.82, 2.24) is 0 Å². The summed E-state index contributed by atoms with van der Waals surface area (Å²) in [6.45, 7) is 0. The average molecular weight is 136 g/mol. The second-order valence-electron chi connectivity index (χ2n) is 2.65. The maximum absolute atomic E-state index is 10.7. The third kappa shape index (κ3) is 0.685. The Morgan fingerprint density at radius 2 is 2.40 bits per heavy atom. The van der Waals surface area contributed by atoms with Gasteiger partial charge in [-0.3, -0.25) is 0 Å². The van der Waals surface area contributed by atoms with E-state index in [9.17, 15) is 4.79 Å². The van der Waals surface area contributed by atoms with Gasteiger partial charge in [-0.2, -0.15) is 0 Å². The molecule has 0 fully saturated rings. The number of hydrogen-bond acceptors (Lipinski definition) is 2. The van der Waals surface area contributed by atoms with Crippen LogP contribution in [0.2, 0.25) is 0 Å². The topological polar surface area (TPSA) is 26.3 Å². The van der Waals surface area contributed by atoms with Gasteiger partial charge < -0.3 is 4.74 Å². The molecule has 2 heteroatoms. The highest BCUT2D eigenvalue weighted by Gasteiger charge is 2.34. The highest BCUT2D eigenvalue weighted by molar-refractivity contribution is 5.85. The molecule has 2 aliphatic rings. The Morgan fingerprint density at radius 3 is 2.90 bits per heavy atom. The van der Waals surface area contributed by atoms with Crippen LogP contribution in [0.1, 0.15) is 12.8 Å². The minimum absolute atomic E-state index is 0.216. The summed E-state index contributed by atoms with van der Waals surface area (Å²) < 4.78 is 5.07. The predicted molar refractivity (Wildman–Crippen MR) is 36.3 cm³/mol. The maximum atomic E-state index is 10.7. The van der Waals surface area contributed by atoms with E-state index in [0.29, 0.717) is 0 Å². The molecule has 1 atom stereocenters. The number of hydrogen-bond donors (Lipinski definition) is 0. The Balaban J connectivity index is 2.26. The molecule has 10 heavy (non-hydrogen) atoms. The molecule has 1 spiro atoms. The van der Waals surface area contributed by atoms with Gasteiger partial charge in [0.05, 0.1) is 0 Å². The van der Waals surface area contributed by atoms with Crippen molar-refractivity contribution < 1.29 is 9.53 Å². The molecule has 1 aliphatic carbocycles. The molecule has 52 valence electrons. The van der Waals surface area contributed by atoms with Crippen molar-refractivity contribution in [1.29, 1.82) is 0 Å². The van der Waals surface area contributed by atoms with Crippen molar-refractivity contribution in [2.45, 2.75) is 18.4 Å². The molecule has 0 saturated carbocycles. The summed E-state index contributed by atoms with van der Waals surface area (Å²) in [4.78, 5) is 10.7. The monoisotopic (exact) mass is 136 g/mol. The van der Waals surface area contributed by atoms with Crippen LogP contribution in [0.15, 0.2) is 24.3 Å². The number of rotatable bonds is 0. The summed E-state index contributed by atoms with van der Waals surface area (Å²) in [6, 6.07) is 0. The van der Waals surface area contributed by atoms with E-state index in [0.717, 1.165) is 12.8 Å². The zero-order valence-electron chi connectivity index (χ0n) is 5.54. The molecule has 0 N–H and O–H groups in total. The number of esters is 1. The Bertz CT molecular complexity index is 227. The van der Waals surface area contributed by atoms with Crippen LogP contribution in [0.5, 0.6) is 0 Å². The van der Waals surface area contributed by atoms with Gasteiger partial charge in [0.15, 0.2) is 0 Å². The van der Waals surface area contributed by atoms with E-state index in [4.69, 9.17) is 4.74 Å². The van der Waals surface area contributed by atoms with Crippen LogP contribution in [0, 0.1) is 0 Å². The van der Waals surface area contributed by atoms with Gasteiger partial charge in [0.25, 0.3) is 0 Å². The van der Waals surface area contributed by atoms with Gasteiger partial charge in [0.2, 0.25) is 0 Å². The Hall–Kier alpha value is -1.05. The van der Waals surface area contributed by atoms with E-state index in [2.05, 4.69) is 0 Å². The molecule has 0 aromatic heterocycles. The molecule has 0 saturated heterocycles. The van der Waals surface area contributed by atoms with Gasteiger partial charge in [-0.25, -0.2) is 4.79 Å². The molecule has 0 aromatic rings. The minimum atomic E-state index is -0.350. The van der Waals surface area contributed by atoms with Crippen LogP contribution in [-0.2, 0) is 9.53 Å². The van der Waals surface area contributed by atoms with Crippen LogP contribution >= 0.6 is 0 Å². The van der Waals surface area contributed by atoms with E-state index in [-0.39, 0.29) is 11.6 Å². The number of carbonyl (C=O) groups excluding carboxylic acids is 1. The van der Waals surface area contributed by atoms with E-state index in [1.165, 1.54) is 6.08 Å². The predicted octanol–water partition coefficient (Wildman–Crippen LogP) is 1.19. The highest BCUT2D eigenvalue weighted by Crippen LogP contribution is 2.31. The van der Waals surface area contributed by atoms with E-state index < -0.39 is 0 Å². The molecule has 0 amide bonds. The molecule has 0 aromatic carbocycles. The number of ether oxygens (including phenoxy) is 1. The SMILES string of the molecule is O=C1C=CC2(C=CCC2)O1. The normalized spacial score (nSPS) is 35.8. The van der Waals surface area contributed by atoms with Crippen LogP contribution in [-0.4, -0.2) is 11.6 Å². The van der Waals surface area contributed by atoms with Gasteiger partial charge in [0.1, 0.15) is 5.60 Å². The Morgan fingerprint density at radius 1 is 1.50 bits per heavy atom. The molecular formula is C8H8O2. The molecule has 0 radical (unpaired) electrons. The van der Waals surface area contributed by atoms with Crippen molar-refractivity contribution >= 4 is 5.97 Å². The van der Waals surface area contributed by atoms with Crippen molar-refractivity contribution in [2.75, 3.05) is 0 Å². The van der Waals surface area contributed by atoms with Crippen LogP contribution < -0.4 is 0 Å². The van der Waals surface area contributed by atoms with E-state index >= 15 is 0 Å². The third-order valence-electron chi connectivity index (χ3n) is 1.89. The van der Waals surface area contributed by atoms with Crippen molar-refractivity contribution in [2.24, 2.45) is 0 Å². The maximum Gasteiger partial charge on any atom is 0.331 e. The zero-order chi connectivity index (χ0) is 7.03. The van der Waals surface area contributed by atoms with Crippen LogP contribution in [0.25, 0.3) is 0 Å². The summed E-state index contributed by atoms with van der Waals surface area (Å²) in [5, 5.41) is 0. The summed E-state index contributed by atoms with van der Waals surface area (Å²) in [5.74, 6) is -0.216. The lowest BCUT2D eigenvalue weighted by atomic mass is 10.1. The van der Waals surface area contributed by atoms with Gasteiger partial charge >= 0.3 is 5.97 Å². The lowest BCUT2D eigenvalue weighted by molar-refractivity contribution is -0.142. The van der Waals surface area contributed by atoms with Gasteiger partial charge in [-0.15, -0.1) is 0 Å². The summed E-state index contributed by atoms with van der Waals surface area (Å²) >= 11 is 0. The van der Waals surface area contributed by atoms with Crippen LogP contribution in [0.4, 0.5) is 0 Å².